The maximum absolute atomic E-state index is 13.1. The lowest BCUT2D eigenvalue weighted by Gasteiger charge is -2.21. The lowest BCUT2D eigenvalue weighted by molar-refractivity contribution is -0.161. The third kappa shape index (κ3) is 71.1. The molecule has 0 aromatic rings. The lowest BCUT2D eigenvalue weighted by Crippen LogP contribution is -2.30. The number of carbonyl (C=O) groups is 4. The van der Waals surface area contributed by atoms with Crippen molar-refractivity contribution in [3.63, 3.8) is 0 Å². The molecule has 0 fully saturated rings. The van der Waals surface area contributed by atoms with Crippen molar-refractivity contribution in [3.05, 3.63) is 0 Å². The molecule has 582 valence electrons. The quantitative estimate of drug-likeness (QED) is 0.0222. The Balaban J connectivity index is 5.28. The molecular weight excluding hydrogens is 1280 g/mol. The van der Waals surface area contributed by atoms with E-state index < -0.39 is 97.5 Å². The molecule has 6 atom stereocenters. The summed E-state index contributed by atoms with van der Waals surface area (Å²) in [5.74, 6) is 0.252. The standard InChI is InChI=1S/C79H154O17P2/c1-8-10-11-12-13-14-15-16-20-23-34-41-48-55-62-78(83)95-74(66-89-76(81)60-53-46-39-32-27-25-30-37-44-51-58-71(5)6)68-93-97(85,86)91-64-73(80)65-92-98(87,88)94-69-75(67-90-77(82)61-54-47-40-33-28-26-31-38-45-52-59-72(7)9-2)96-79(84)63-56-49-42-35-24-21-18-17-19-22-29-36-43-50-57-70(3)4/h70-75,80H,8-69H2,1-7H3,(H,85,86)(H,87,88)/t72?,73-,74+,75+/m0/s1. The van der Waals surface area contributed by atoms with E-state index in [1.165, 1.54) is 218 Å². The summed E-state index contributed by atoms with van der Waals surface area (Å²) in [6, 6.07) is 0. The van der Waals surface area contributed by atoms with E-state index in [9.17, 15) is 43.2 Å². The van der Waals surface area contributed by atoms with Crippen LogP contribution in [0.4, 0.5) is 0 Å². The normalized spacial score (nSPS) is 14.3. The van der Waals surface area contributed by atoms with Crippen molar-refractivity contribution in [1.82, 2.24) is 0 Å². The summed E-state index contributed by atoms with van der Waals surface area (Å²) in [6.45, 7) is 12.0. The molecule has 0 radical (unpaired) electrons. The smallest absolute Gasteiger partial charge is 0.462 e. The van der Waals surface area contributed by atoms with Gasteiger partial charge in [0.05, 0.1) is 26.4 Å². The van der Waals surface area contributed by atoms with Crippen molar-refractivity contribution >= 4 is 39.5 Å². The van der Waals surface area contributed by atoms with Crippen LogP contribution in [-0.4, -0.2) is 96.7 Å². The molecule has 0 aliphatic heterocycles. The van der Waals surface area contributed by atoms with Gasteiger partial charge in [-0.3, -0.25) is 37.3 Å². The first-order valence-electron chi connectivity index (χ1n) is 40.9. The first-order chi connectivity index (χ1) is 47.3. The molecule has 0 amide bonds. The fraction of sp³-hybridized carbons (Fsp3) is 0.949. The summed E-state index contributed by atoms with van der Waals surface area (Å²) in [5.41, 5.74) is 0. The van der Waals surface area contributed by atoms with Gasteiger partial charge in [-0.05, 0) is 43.4 Å². The summed E-state index contributed by atoms with van der Waals surface area (Å²) in [6.07, 6.45) is 56.6. The van der Waals surface area contributed by atoms with Crippen LogP contribution >= 0.6 is 15.6 Å². The van der Waals surface area contributed by atoms with Crippen molar-refractivity contribution < 1.29 is 80.2 Å². The number of unbranched alkanes of at least 4 members (excludes halogenated alkanes) is 44. The van der Waals surface area contributed by atoms with E-state index in [0.29, 0.717) is 25.7 Å². The lowest BCUT2D eigenvalue weighted by atomic mass is 9.99. The van der Waals surface area contributed by atoms with Crippen molar-refractivity contribution in [2.24, 2.45) is 17.8 Å². The van der Waals surface area contributed by atoms with Gasteiger partial charge in [-0.25, -0.2) is 9.13 Å². The second-order valence-corrected chi connectivity index (χ2v) is 32.6. The monoisotopic (exact) mass is 1440 g/mol. The molecule has 0 saturated carbocycles. The summed E-state index contributed by atoms with van der Waals surface area (Å²) in [7, 11) is -9.92. The first-order valence-corrected chi connectivity index (χ1v) is 43.9. The maximum atomic E-state index is 13.1. The predicted molar refractivity (Wildman–Crippen MR) is 400 cm³/mol. The first kappa shape index (κ1) is 96.1. The molecule has 0 aliphatic rings. The Hall–Kier alpha value is -1.94. The van der Waals surface area contributed by atoms with Crippen LogP contribution in [0.25, 0.3) is 0 Å². The highest BCUT2D eigenvalue weighted by molar-refractivity contribution is 7.47. The van der Waals surface area contributed by atoms with Crippen LogP contribution < -0.4 is 0 Å². The number of aliphatic hydroxyl groups is 1. The van der Waals surface area contributed by atoms with Gasteiger partial charge >= 0.3 is 39.5 Å². The molecule has 0 heterocycles. The Kier molecular flexibility index (Phi) is 68.1. The number of carbonyl (C=O) groups excluding carboxylic acids is 4. The van der Waals surface area contributed by atoms with Crippen molar-refractivity contribution in [2.75, 3.05) is 39.6 Å². The highest BCUT2D eigenvalue weighted by atomic mass is 31.2. The summed E-state index contributed by atoms with van der Waals surface area (Å²) >= 11 is 0. The minimum atomic E-state index is -4.96. The fourth-order valence-corrected chi connectivity index (χ4v) is 13.7. The molecule has 0 bridgehead atoms. The van der Waals surface area contributed by atoms with Crippen LogP contribution in [0.3, 0.4) is 0 Å². The number of hydrogen-bond acceptors (Lipinski definition) is 15. The molecule has 0 aliphatic carbocycles. The summed E-state index contributed by atoms with van der Waals surface area (Å²) in [4.78, 5) is 73.0. The van der Waals surface area contributed by atoms with Gasteiger partial charge in [-0.1, -0.05) is 357 Å². The van der Waals surface area contributed by atoms with E-state index in [4.69, 9.17) is 37.0 Å². The van der Waals surface area contributed by atoms with Gasteiger partial charge in [0.15, 0.2) is 12.2 Å². The van der Waals surface area contributed by atoms with Crippen LogP contribution in [0.2, 0.25) is 0 Å². The minimum Gasteiger partial charge on any atom is -0.462 e. The molecule has 98 heavy (non-hydrogen) atoms. The molecule has 0 aromatic heterocycles. The van der Waals surface area contributed by atoms with Crippen molar-refractivity contribution in [3.8, 4) is 0 Å². The molecule has 17 nitrogen and oxygen atoms in total. The van der Waals surface area contributed by atoms with Gasteiger partial charge in [-0.2, -0.15) is 0 Å². The van der Waals surface area contributed by atoms with E-state index >= 15 is 0 Å². The fourth-order valence-electron chi connectivity index (χ4n) is 12.1. The second-order valence-electron chi connectivity index (χ2n) is 29.6. The van der Waals surface area contributed by atoms with Crippen LogP contribution in [0.5, 0.6) is 0 Å². The second kappa shape index (κ2) is 69.4. The van der Waals surface area contributed by atoms with Gasteiger partial charge in [-0.15, -0.1) is 0 Å². The van der Waals surface area contributed by atoms with Crippen LogP contribution in [-0.2, 0) is 65.4 Å². The van der Waals surface area contributed by atoms with Gasteiger partial charge in [0.1, 0.15) is 19.3 Å². The van der Waals surface area contributed by atoms with Gasteiger partial charge in [0.2, 0.25) is 0 Å². The largest absolute Gasteiger partial charge is 0.472 e. The molecule has 0 spiro atoms. The molecule has 3 N–H and O–H groups in total. The average molecular weight is 1440 g/mol. The Labute approximate surface area is 600 Å². The number of hydrogen-bond donors (Lipinski definition) is 3. The van der Waals surface area contributed by atoms with E-state index in [1.807, 2.05) is 0 Å². The number of rotatable bonds is 77. The average Bonchev–Trinajstić information content (AvgIpc) is 1.43. The van der Waals surface area contributed by atoms with Crippen molar-refractivity contribution in [1.29, 1.82) is 0 Å². The van der Waals surface area contributed by atoms with E-state index in [2.05, 4.69) is 48.5 Å². The molecule has 0 saturated heterocycles. The Morgan fingerprint density at radius 2 is 0.520 bits per heavy atom. The van der Waals surface area contributed by atoms with E-state index in [0.717, 1.165) is 108 Å². The van der Waals surface area contributed by atoms with Gasteiger partial charge < -0.3 is 33.8 Å². The predicted octanol–water partition coefficient (Wildman–Crippen LogP) is 23.4. The molecule has 19 heteroatoms. The maximum Gasteiger partial charge on any atom is 0.472 e. The topological polar surface area (TPSA) is 237 Å². The number of phosphoric ester groups is 2. The highest BCUT2D eigenvalue weighted by Crippen LogP contribution is 2.45. The van der Waals surface area contributed by atoms with E-state index in [1.54, 1.807) is 0 Å². The minimum absolute atomic E-state index is 0.107. The molecule has 0 aromatic carbocycles. The molecule has 3 unspecified atom stereocenters. The van der Waals surface area contributed by atoms with Crippen LogP contribution in [0.15, 0.2) is 0 Å². The van der Waals surface area contributed by atoms with Crippen LogP contribution in [0, 0.1) is 17.8 Å². The third-order valence-corrected chi connectivity index (χ3v) is 20.6. The Morgan fingerprint density at radius 1 is 0.296 bits per heavy atom. The highest BCUT2D eigenvalue weighted by Gasteiger charge is 2.30. The Bertz CT molecular complexity index is 1910. The number of ether oxygens (including phenoxy) is 4. The summed E-state index contributed by atoms with van der Waals surface area (Å²) < 4.78 is 68.7. The van der Waals surface area contributed by atoms with Crippen LogP contribution in [0.1, 0.15) is 408 Å². The number of esters is 4. The zero-order valence-corrected chi connectivity index (χ0v) is 66.0. The molecule has 0 rings (SSSR count). The van der Waals surface area contributed by atoms with Gasteiger partial charge in [0, 0.05) is 25.7 Å². The zero-order chi connectivity index (χ0) is 72.3. The SMILES string of the molecule is CCCCCCCCCCCCCCCCC(=O)O[C@H](COC(=O)CCCCCCCCCCCCC(C)C)COP(=O)(O)OC[C@H](O)COP(=O)(O)OC[C@@H](COC(=O)CCCCCCCCCCCCC(C)CC)OC(=O)CCCCCCCCCCCCCCCCC(C)C. The van der Waals surface area contributed by atoms with Crippen molar-refractivity contribution in [2.45, 2.75) is 426 Å². The number of phosphoric acid groups is 2. The third-order valence-electron chi connectivity index (χ3n) is 18.7. The summed E-state index contributed by atoms with van der Waals surface area (Å²) in [5, 5.41) is 10.6. The number of aliphatic hydroxyl groups excluding tert-OH is 1. The van der Waals surface area contributed by atoms with E-state index in [-0.39, 0.29) is 25.7 Å². The Morgan fingerprint density at radius 3 is 0.776 bits per heavy atom. The molecular formula is C79H154O17P2. The zero-order valence-electron chi connectivity index (χ0n) is 64.3. The van der Waals surface area contributed by atoms with Gasteiger partial charge in [0.25, 0.3) is 0 Å².